The number of nitrogens with one attached hydrogen (secondary N) is 1. The zero-order valence-corrected chi connectivity index (χ0v) is 7.59. The summed E-state index contributed by atoms with van der Waals surface area (Å²) in [5, 5.41) is 9.36. The van der Waals surface area contributed by atoms with Crippen molar-refractivity contribution >= 4 is 32.9 Å². The van der Waals surface area contributed by atoms with Gasteiger partial charge in [-0.3, -0.25) is 0 Å². The molecule has 1 heterocycles. The number of aromatic hydroxyl groups is 1. The second kappa shape index (κ2) is 2.38. The molecular weight excluding hydrogens is 222 g/mol. The number of nitrogens with two attached hydrogens (primary N) is 1. The summed E-state index contributed by atoms with van der Waals surface area (Å²) in [4.78, 5) is 6.74. The Hall–Kier alpha value is -1.23. The summed E-state index contributed by atoms with van der Waals surface area (Å²) in [5.74, 6) is 0.449. The second-order valence-electron chi connectivity index (χ2n) is 2.41. The molecule has 0 unspecified atom stereocenters. The third-order valence-electron chi connectivity index (χ3n) is 1.59. The van der Waals surface area contributed by atoms with Gasteiger partial charge in [0.2, 0.25) is 0 Å². The summed E-state index contributed by atoms with van der Waals surface area (Å²) in [6, 6.07) is 3.29. The van der Waals surface area contributed by atoms with E-state index in [1.165, 1.54) is 0 Å². The summed E-state index contributed by atoms with van der Waals surface area (Å²) in [6.07, 6.45) is 0. The van der Waals surface area contributed by atoms with Gasteiger partial charge in [0.15, 0.2) is 5.95 Å². The first-order valence-corrected chi connectivity index (χ1v) is 4.10. The Balaban J connectivity index is 2.93. The van der Waals surface area contributed by atoms with Gasteiger partial charge in [0.25, 0.3) is 0 Å². The van der Waals surface area contributed by atoms with Gasteiger partial charge < -0.3 is 15.8 Å². The highest BCUT2D eigenvalue weighted by atomic mass is 79.9. The highest BCUT2D eigenvalue weighted by Crippen LogP contribution is 2.29. The Morgan fingerprint density at radius 2 is 2.25 bits per heavy atom. The van der Waals surface area contributed by atoms with Crippen LogP contribution in [0.5, 0.6) is 5.75 Å². The van der Waals surface area contributed by atoms with Gasteiger partial charge in [0.05, 0.1) is 0 Å². The lowest BCUT2D eigenvalue weighted by Crippen LogP contribution is -1.84. The minimum absolute atomic E-state index is 0.150. The van der Waals surface area contributed by atoms with Crippen LogP contribution in [0.15, 0.2) is 16.6 Å². The van der Waals surface area contributed by atoms with Crippen molar-refractivity contribution in [2.45, 2.75) is 0 Å². The Labute approximate surface area is 76.5 Å². The number of hydrogen-bond donors (Lipinski definition) is 3. The van der Waals surface area contributed by atoms with Crippen LogP contribution in [0.3, 0.4) is 0 Å². The fraction of sp³-hybridized carbons (Fsp3) is 0. The van der Waals surface area contributed by atoms with Gasteiger partial charge in [-0.15, -0.1) is 0 Å². The normalized spacial score (nSPS) is 10.8. The van der Waals surface area contributed by atoms with Crippen LogP contribution in [0.25, 0.3) is 11.0 Å². The molecule has 12 heavy (non-hydrogen) atoms. The number of nitrogens with zero attached hydrogens (tertiary/aromatic N) is 1. The van der Waals surface area contributed by atoms with Gasteiger partial charge >= 0.3 is 0 Å². The number of phenolic OH excluding ortho intramolecular Hbond substituents is 1. The molecule has 4 N–H and O–H groups in total. The van der Waals surface area contributed by atoms with Crippen LogP contribution in [0.2, 0.25) is 0 Å². The number of hydrogen-bond acceptors (Lipinski definition) is 3. The van der Waals surface area contributed by atoms with E-state index in [9.17, 15) is 5.11 Å². The van der Waals surface area contributed by atoms with Crippen molar-refractivity contribution in [1.29, 1.82) is 0 Å². The van der Waals surface area contributed by atoms with Crippen LogP contribution in [0, 0.1) is 0 Å². The lowest BCUT2D eigenvalue weighted by atomic mass is 10.3. The summed E-state index contributed by atoms with van der Waals surface area (Å²) in [5.41, 5.74) is 6.63. The topological polar surface area (TPSA) is 74.9 Å². The number of fused-ring (bicyclic) bond motifs is 1. The summed E-state index contributed by atoms with van der Waals surface area (Å²) in [7, 11) is 0. The number of phenols is 1. The molecule has 1 aromatic carbocycles. The van der Waals surface area contributed by atoms with Crippen LogP contribution < -0.4 is 5.73 Å². The molecule has 0 saturated carbocycles. The first-order chi connectivity index (χ1) is 5.68. The molecule has 62 valence electrons. The van der Waals surface area contributed by atoms with Crippen molar-refractivity contribution in [2.75, 3.05) is 5.73 Å². The number of rotatable bonds is 0. The third kappa shape index (κ3) is 0.937. The van der Waals surface area contributed by atoms with E-state index in [1.54, 1.807) is 12.1 Å². The van der Waals surface area contributed by atoms with Crippen molar-refractivity contribution in [1.82, 2.24) is 9.97 Å². The number of imidazole rings is 1. The Kier molecular flexibility index (Phi) is 1.47. The highest BCUT2D eigenvalue weighted by molar-refractivity contribution is 9.10. The maximum absolute atomic E-state index is 9.36. The fourth-order valence-electron chi connectivity index (χ4n) is 1.06. The van der Waals surface area contributed by atoms with E-state index in [0.717, 1.165) is 4.47 Å². The van der Waals surface area contributed by atoms with Crippen LogP contribution in [-0.2, 0) is 0 Å². The first-order valence-electron chi connectivity index (χ1n) is 3.31. The predicted molar refractivity (Wildman–Crippen MR) is 49.9 cm³/mol. The molecule has 0 spiro atoms. The average Bonchev–Trinajstić information content (AvgIpc) is 2.41. The quantitative estimate of drug-likeness (QED) is 0.641. The van der Waals surface area contributed by atoms with E-state index >= 15 is 0 Å². The summed E-state index contributed by atoms with van der Waals surface area (Å²) in [6.45, 7) is 0. The fourth-order valence-corrected chi connectivity index (χ4v) is 1.48. The van der Waals surface area contributed by atoms with E-state index in [-0.39, 0.29) is 5.75 Å². The SMILES string of the molecule is Nc1nc2c(Br)ccc(O)c2[nH]1. The predicted octanol–water partition coefficient (Wildman–Crippen LogP) is 1.61. The van der Waals surface area contributed by atoms with Crippen molar-refractivity contribution in [2.24, 2.45) is 0 Å². The van der Waals surface area contributed by atoms with Crippen LogP contribution in [0.4, 0.5) is 5.95 Å². The number of aromatic amines is 1. The standard InChI is InChI=1S/C7H6BrN3O/c8-3-1-2-4(12)6-5(3)10-7(9)11-6/h1-2,12H,(H3,9,10,11). The van der Waals surface area contributed by atoms with Crippen molar-refractivity contribution in [3.63, 3.8) is 0 Å². The van der Waals surface area contributed by atoms with E-state index in [4.69, 9.17) is 5.73 Å². The van der Waals surface area contributed by atoms with Gasteiger partial charge in [0.1, 0.15) is 16.8 Å². The van der Waals surface area contributed by atoms with Gasteiger partial charge in [-0.05, 0) is 28.1 Å². The van der Waals surface area contributed by atoms with Crippen molar-refractivity contribution < 1.29 is 5.11 Å². The number of anilines is 1. The number of aromatic nitrogens is 2. The highest BCUT2D eigenvalue weighted by Gasteiger charge is 2.07. The molecule has 0 aliphatic rings. The lowest BCUT2D eigenvalue weighted by Gasteiger charge is -1.94. The largest absolute Gasteiger partial charge is 0.506 e. The summed E-state index contributed by atoms with van der Waals surface area (Å²) < 4.78 is 0.809. The van der Waals surface area contributed by atoms with Gasteiger partial charge in [-0.2, -0.15) is 0 Å². The molecule has 2 aromatic rings. The average molecular weight is 228 g/mol. The van der Waals surface area contributed by atoms with E-state index in [2.05, 4.69) is 25.9 Å². The lowest BCUT2D eigenvalue weighted by molar-refractivity contribution is 0.480. The minimum Gasteiger partial charge on any atom is -0.506 e. The molecule has 4 nitrogen and oxygen atoms in total. The summed E-state index contributed by atoms with van der Waals surface area (Å²) >= 11 is 3.30. The zero-order valence-electron chi connectivity index (χ0n) is 6.00. The molecule has 0 amide bonds. The van der Waals surface area contributed by atoms with Gasteiger partial charge in [-0.1, -0.05) is 0 Å². The third-order valence-corrected chi connectivity index (χ3v) is 2.23. The maximum atomic E-state index is 9.36. The molecule has 0 aliphatic heterocycles. The van der Waals surface area contributed by atoms with E-state index in [0.29, 0.717) is 17.0 Å². The van der Waals surface area contributed by atoms with Crippen molar-refractivity contribution in [3.8, 4) is 5.75 Å². The second-order valence-corrected chi connectivity index (χ2v) is 3.27. The Bertz CT molecular complexity index is 398. The number of H-pyrrole nitrogens is 1. The smallest absolute Gasteiger partial charge is 0.198 e. The van der Waals surface area contributed by atoms with Crippen LogP contribution >= 0.6 is 15.9 Å². The molecule has 0 bridgehead atoms. The minimum atomic E-state index is 0.150. The first kappa shape index (κ1) is 7.42. The molecular formula is C7H6BrN3O. The maximum Gasteiger partial charge on any atom is 0.198 e. The molecule has 0 atom stereocenters. The van der Waals surface area contributed by atoms with Gasteiger partial charge in [-0.25, -0.2) is 4.98 Å². The van der Waals surface area contributed by atoms with Crippen LogP contribution in [-0.4, -0.2) is 15.1 Å². The Morgan fingerprint density at radius 3 is 2.92 bits per heavy atom. The molecule has 1 aromatic heterocycles. The molecule has 0 fully saturated rings. The molecule has 5 heteroatoms. The molecule has 0 aliphatic carbocycles. The van der Waals surface area contributed by atoms with E-state index < -0.39 is 0 Å². The number of halogens is 1. The Morgan fingerprint density at radius 1 is 1.50 bits per heavy atom. The molecule has 0 saturated heterocycles. The number of benzene rings is 1. The monoisotopic (exact) mass is 227 g/mol. The van der Waals surface area contributed by atoms with E-state index in [1.807, 2.05) is 0 Å². The van der Waals surface area contributed by atoms with Gasteiger partial charge in [0, 0.05) is 4.47 Å². The molecule has 0 radical (unpaired) electrons. The molecule has 2 rings (SSSR count). The number of nitrogen functional groups attached to an aromatic ring is 1. The van der Waals surface area contributed by atoms with Crippen molar-refractivity contribution in [3.05, 3.63) is 16.6 Å². The van der Waals surface area contributed by atoms with Crippen LogP contribution in [0.1, 0.15) is 0 Å². The zero-order chi connectivity index (χ0) is 8.72.